The molecule has 0 saturated carbocycles. The van der Waals surface area contributed by atoms with Gasteiger partial charge < -0.3 is 69.0 Å². The van der Waals surface area contributed by atoms with Crippen LogP contribution in [-0.2, 0) is 0 Å². The molecule has 17 heteroatoms. The van der Waals surface area contributed by atoms with Crippen LogP contribution in [0.3, 0.4) is 0 Å². The average Bonchev–Trinajstić information content (AvgIpc) is 4.48. The molecule has 1 atom stereocenters. The quantitative estimate of drug-likeness (QED) is 0.0676. The van der Waals surface area contributed by atoms with E-state index in [0.29, 0.717) is 6.61 Å². The van der Waals surface area contributed by atoms with Gasteiger partial charge in [-0.1, -0.05) is 6.42 Å². The molecule has 0 bridgehead atoms. The van der Waals surface area contributed by atoms with Gasteiger partial charge in [0.25, 0.3) is 0 Å². The number of hydrogen-bond donors (Lipinski definition) is 2. The summed E-state index contributed by atoms with van der Waals surface area (Å²) in [5.74, 6) is 0. The van der Waals surface area contributed by atoms with Crippen LogP contribution in [-0.4, -0.2) is 391 Å². The van der Waals surface area contributed by atoms with E-state index in [9.17, 15) is 5.11 Å². The average molecular weight is 1270 g/mol. The predicted molar refractivity (Wildman–Crippen MR) is 382 cm³/mol. The Hall–Kier alpha value is -0.680. The van der Waals surface area contributed by atoms with Crippen molar-refractivity contribution in [3.63, 3.8) is 0 Å². The van der Waals surface area contributed by atoms with Gasteiger partial charge in [-0.15, -0.1) is 0 Å². The second-order valence-electron chi connectivity index (χ2n) is 30.0. The highest BCUT2D eigenvalue weighted by Gasteiger charge is 2.22. The summed E-state index contributed by atoms with van der Waals surface area (Å²) in [6.45, 7) is 57.5. The summed E-state index contributed by atoms with van der Waals surface area (Å²) in [6.07, 6.45) is 34.9. The number of likely N-dealkylation sites (N-methyl/N-ethyl adjacent to an activating group) is 1. The molecule has 2 N–H and O–H groups in total. The number of aliphatic hydroxyl groups excluding tert-OH is 2. The molecule has 0 aromatic rings. The SMILES string of the molecule is C(CCN1CCCC1)CCN1CCCC1.C1CCN(CCN(CCN2CCCC2)CCN2CCCC2)C1.CC(O)CN(CCN1CCCC1)CCN1CCCC1.CN(CCN1CCCC1)CCN1CCCC1.OCCN(CCN1CCCC1)CCN1CCCC1. The lowest BCUT2D eigenvalue weighted by Gasteiger charge is -2.29. The van der Waals surface area contributed by atoms with Crippen LogP contribution in [0.15, 0.2) is 0 Å². The van der Waals surface area contributed by atoms with Crippen LogP contribution in [0.2, 0.25) is 0 Å². The Morgan fingerprint density at radius 1 is 0.244 bits per heavy atom. The standard InChI is InChI=1S/C18H36N4.C15H31N3O.C14H29N3O.C13H27N3.C13H26N2/c1-2-8-19(7-1)13-16-22(17-14-20-9-3-4-10-20)18-15-21-11-5-6-12-21;1-15(19)14-18(12-10-16-6-2-3-7-16)13-11-17-8-4-5-9-17;18-14-13-17(11-9-15-5-1-2-6-15)12-10-16-7-3-4-8-16;1-14(10-12-15-6-2-3-7-15)11-13-16-8-4-5-9-16;1(2-8-14-10-4-5-11-14)3-9-15-12-6-7-13-15/h1-18H2;15,19H,2-14H2,1H3;18H,1-14H2;2-13H2,1H3;1-13H2. The van der Waals surface area contributed by atoms with Gasteiger partial charge in [0, 0.05) is 131 Å². The first-order valence-corrected chi connectivity index (χ1v) is 39.4. The Bertz CT molecular complexity index is 1500. The maximum Gasteiger partial charge on any atom is 0.0639 e. The van der Waals surface area contributed by atoms with Gasteiger partial charge in [-0.05, 0) is 325 Å². The van der Waals surface area contributed by atoms with Gasteiger partial charge >= 0.3 is 0 Å². The zero-order valence-electron chi connectivity index (χ0n) is 59.7. The van der Waals surface area contributed by atoms with Crippen molar-refractivity contribution in [3.8, 4) is 0 Å². The van der Waals surface area contributed by atoms with Gasteiger partial charge in [0.15, 0.2) is 0 Å². The van der Waals surface area contributed by atoms with Crippen molar-refractivity contribution in [1.29, 1.82) is 0 Å². The second-order valence-corrected chi connectivity index (χ2v) is 30.0. The lowest BCUT2D eigenvalue weighted by atomic mass is 10.2. The van der Waals surface area contributed by atoms with E-state index in [-0.39, 0.29) is 6.10 Å². The van der Waals surface area contributed by atoms with E-state index in [2.05, 4.69) is 80.5 Å². The molecule has 17 nitrogen and oxygen atoms in total. The lowest BCUT2D eigenvalue weighted by Crippen LogP contribution is -2.42. The molecule has 1 unspecified atom stereocenters. The van der Waals surface area contributed by atoms with Crippen molar-refractivity contribution in [3.05, 3.63) is 0 Å². The Kier molecular flexibility index (Phi) is 41.7. The van der Waals surface area contributed by atoms with Crippen molar-refractivity contribution in [1.82, 2.24) is 73.5 Å². The maximum atomic E-state index is 9.64. The molecular weight excluding hydrogens is 1120 g/mol. The number of aliphatic hydroxyl groups is 2. The molecule has 0 aromatic carbocycles. The van der Waals surface area contributed by atoms with Crippen molar-refractivity contribution >= 4 is 0 Å². The van der Waals surface area contributed by atoms with E-state index in [4.69, 9.17) is 5.11 Å². The minimum absolute atomic E-state index is 0.211. The van der Waals surface area contributed by atoms with Crippen LogP contribution < -0.4 is 0 Å². The Morgan fingerprint density at radius 3 is 0.622 bits per heavy atom. The van der Waals surface area contributed by atoms with Crippen LogP contribution in [0.4, 0.5) is 0 Å². The molecule has 528 valence electrons. The summed E-state index contributed by atoms with van der Waals surface area (Å²) >= 11 is 0. The summed E-state index contributed by atoms with van der Waals surface area (Å²) in [6, 6.07) is 0. The molecule has 11 fully saturated rings. The largest absolute Gasteiger partial charge is 0.395 e. The Labute approximate surface area is 556 Å². The first kappa shape index (κ1) is 76.7. The molecule has 11 aliphatic rings. The van der Waals surface area contributed by atoms with Crippen LogP contribution >= 0.6 is 0 Å². The second kappa shape index (κ2) is 48.9. The van der Waals surface area contributed by atoms with Crippen LogP contribution in [0, 0.1) is 0 Å². The third-order valence-corrected chi connectivity index (χ3v) is 22.3. The summed E-state index contributed by atoms with van der Waals surface area (Å²) in [5.41, 5.74) is 0. The molecule has 0 amide bonds. The van der Waals surface area contributed by atoms with Gasteiger partial charge in [-0.2, -0.15) is 0 Å². The summed E-state index contributed by atoms with van der Waals surface area (Å²) < 4.78 is 0. The van der Waals surface area contributed by atoms with Crippen LogP contribution in [0.1, 0.15) is 167 Å². The number of hydrogen-bond acceptors (Lipinski definition) is 17. The summed E-state index contributed by atoms with van der Waals surface area (Å²) in [5, 5.41) is 18.8. The third kappa shape index (κ3) is 35.0. The molecule has 11 aliphatic heterocycles. The van der Waals surface area contributed by atoms with Crippen molar-refractivity contribution in [2.75, 3.05) is 302 Å². The number of nitrogens with zero attached hydrogens (tertiary/aromatic N) is 15. The molecule has 0 aliphatic carbocycles. The fourth-order valence-electron chi connectivity index (χ4n) is 16.1. The zero-order chi connectivity index (χ0) is 62.7. The molecule has 11 rings (SSSR count). The van der Waals surface area contributed by atoms with E-state index >= 15 is 0 Å². The first-order chi connectivity index (χ1) is 44.3. The highest BCUT2D eigenvalue weighted by molar-refractivity contribution is 4.78. The van der Waals surface area contributed by atoms with E-state index in [1.807, 2.05) is 6.92 Å². The molecule has 90 heavy (non-hydrogen) atoms. The van der Waals surface area contributed by atoms with Gasteiger partial charge in [0.2, 0.25) is 0 Å². The highest BCUT2D eigenvalue weighted by Crippen LogP contribution is 2.16. The first-order valence-electron chi connectivity index (χ1n) is 39.4. The van der Waals surface area contributed by atoms with Gasteiger partial charge in [0.05, 0.1) is 12.7 Å². The normalized spacial score (nSPS) is 23.7. The number of likely N-dealkylation sites (tertiary alicyclic amines) is 11. The summed E-state index contributed by atoms with van der Waals surface area (Å²) in [7, 11) is 2.27. The van der Waals surface area contributed by atoms with Gasteiger partial charge in [-0.25, -0.2) is 0 Å². The van der Waals surface area contributed by atoms with Crippen molar-refractivity contribution < 1.29 is 10.2 Å². The molecule has 0 aromatic heterocycles. The van der Waals surface area contributed by atoms with Crippen LogP contribution in [0.25, 0.3) is 0 Å². The maximum absolute atomic E-state index is 9.64. The fourth-order valence-corrected chi connectivity index (χ4v) is 16.1. The molecule has 0 spiro atoms. The lowest BCUT2D eigenvalue weighted by molar-refractivity contribution is 0.111. The Morgan fingerprint density at radius 2 is 0.422 bits per heavy atom. The number of unbranched alkanes of at least 4 members (excludes halogenated alkanes) is 2. The molecule has 0 radical (unpaired) electrons. The monoisotopic (exact) mass is 1270 g/mol. The van der Waals surface area contributed by atoms with Crippen LogP contribution in [0.5, 0.6) is 0 Å². The third-order valence-electron chi connectivity index (χ3n) is 22.3. The van der Waals surface area contributed by atoms with E-state index in [1.165, 1.54) is 409 Å². The van der Waals surface area contributed by atoms with Gasteiger partial charge in [0.1, 0.15) is 0 Å². The van der Waals surface area contributed by atoms with Crippen molar-refractivity contribution in [2.45, 2.75) is 174 Å². The van der Waals surface area contributed by atoms with E-state index < -0.39 is 0 Å². The number of rotatable bonds is 37. The molecule has 11 heterocycles. The zero-order valence-corrected chi connectivity index (χ0v) is 59.7. The summed E-state index contributed by atoms with van der Waals surface area (Å²) in [4.78, 5) is 38.8. The minimum Gasteiger partial charge on any atom is -0.395 e. The predicted octanol–water partition coefficient (Wildman–Crippen LogP) is 6.37. The smallest absolute Gasteiger partial charge is 0.0639 e. The molecular formula is C73H149N15O2. The highest BCUT2D eigenvalue weighted by atomic mass is 16.3. The van der Waals surface area contributed by atoms with Crippen molar-refractivity contribution in [2.24, 2.45) is 0 Å². The van der Waals surface area contributed by atoms with Gasteiger partial charge in [-0.3, -0.25) is 14.7 Å². The minimum atomic E-state index is -0.211. The van der Waals surface area contributed by atoms with E-state index in [0.717, 1.165) is 39.3 Å². The molecule has 11 saturated heterocycles. The Balaban J connectivity index is 0.000000161. The topological polar surface area (TPSA) is 89.1 Å². The fraction of sp³-hybridized carbons (Fsp3) is 1.00. The van der Waals surface area contributed by atoms with E-state index in [1.54, 1.807) is 0 Å².